The molecule has 0 radical (unpaired) electrons. The number of carboxylic acid groups (broad SMARTS) is 1. The molecule has 0 fully saturated rings. The van der Waals surface area contributed by atoms with Crippen LogP contribution >= 0.6 is 11.3 Å². The second-order valence-corrected chi connectivity index (χ2v) is 4.02. The van der Waals surface area contributed by atoms with Gasteiger partial charge in [0, 0.05) is 6.04 Å². The van der Waals surface area contributed by atoms with Crippen molar-refractivity contribution in [3.05, 3.63) is 22.4 Å². The number of aliphatic carboxylic acids is 1. The normalized spacial score (nSPS) is 15.0. The van der Waals surface area contributed by atoms with Crippen LogP contribution in [0.15, 0.2) is 16.8 Å². The summed E-state index contributed by atoms with van der Waals surface area (Å²) in [6, 6.07) is 1.66. The van der Waals surface area contributed by atoms with E-state index in [4.69, 9.17) is 5.11 Å². The van der Waals surface area contributed by atoms with Crippen molar-refractivity contribution < 1.29 is 9.90 Å². The Morgan fingerprint density at radius 2 is 2.43 bits per heavy atom. The average molecular weight is 213 g/mol. The molecule has 0 spiro atoms. The molecule has 0 aliphatic rings. The van der Waals surface area contributed by atoms with Gasteiger partial charge in [-0.15, -0.1) is 0 Å². The monoisotopic (exact) mass is 213 g/mol. The van der Waals surface area contributed by atoms with Crippen LogP contribution in [0.25, 0.3) is 0 Å². The van der Waals surface area contributed by atoms with Gasteiger partial charge in [-0.3, -0.25) is 10.1 Å². The second-order valence-electron chi connectivity index (χ2n) is 3.24. The van der Waals surface area contributed by atoms with Gasteiger partial charge in [-0.05, 0) is 35.7 Å². The van der Waals surface area contributed by atoms with Crippen LogP contribution in [0.2, 0.25) is 0 Å². The zero-order chi connectivity index (χ0) is 10.6. The maximum Gasteiger partial charge on any atom is 0.320 e. The van der Waals surface area contributed by atoms with E-state index in [1.165, 1.54) is 0 Å². The van der Waals surface area contributed by atoms with Crippen molar-refractivity contribution in [1.29, 1.82) is 0 Å². The number of thiophene rings is 1. The Morgan fingerprint density at radius 1 is 1.71 bits per heavy atom. The second kappa shape index (κ2) is 5.12. The highest BCUT2D eigenvalue weighted by Gasteiger charge is 2.17. The van der Waals surface area contributed by atoms with Crippen LogP contribution in [0.5, 0.6) is 0 Å². The molecule has 14 heavy (non-hydrogen) atoms. The van der Waals surface area contributed by atoms with E-state index in [2.05, 4.69) is 5.32 Å². The average Bonchev–Trinajstić information content (AvgIpc) is 2.65. The highest BCUT2D eigenvalue weighted by Crippen LogP contribution is 2.16. The van der Waals surface area contributed by atoms with E-state index in [-0.39, 0.29) is 6.04 Å². The number of nitrogens with one attached hydrogen (secondary N) is 1. The summed E-state index contributed by atoms with van der Waals surface area (Å²) in [7, 11) is 0. The van der Waals surface area contributed by atoms with Gasteiger partial charge in [-0.1, -0.05) is 6.92 Å². The van der Waals surface area contributed by atoms with Crippen molar-refractivity contribution in [3.63, 3.8) is 0 Å². The van der Waals surface area contributed by atoms with Gasteiger partial charge < -0.3 is 5.11 Å². The summed E-state index contributed by atoms with van der Waals surface area (Å²) in [6.07, 6.45) is 0.601. The highest BCUT2D eigenvalue weighted by atomic mass is 32.1. The summed E-state index contributed by atoms with van der Waals surface area (Å²) in [4.78, 5) is 10.8. The third-order valence-corrected chi connectivity index (χ3v) is 2.90. The van der Waals surface area contributed by atoms with Crippen molar-refractivity contribution in [2.75, 3.05) is 0 Å². The fourth-order valence-electron chi connectivity index (χ4n) is 1.28. The minimum atomic E-state index is -0.783. The van der Waals surface area contributed by atoms with Crippen molar-refractivity contribution in [2.24, 2.45) is 0 Å². The summed E-state index contributed by atoms with van der Waals surface area (Å²) >= 11 is 1.62. The molecule has 1 aromatic heterocycles. The molecule has 0 bridgehead atoms. The molecular weight excluding hydrogens is 198 g/mol. The third kappa shape index (κ3) is 2.82. The topological polar surface area (TPSA) is 49.3 Å². The number of hydrogen-bond acceptors (Lipinski definition) is 3. The molecule has 2 unspecified atom stereocenters. The zero-order valence-electron chi connectivity index (χ0n) is 8.36. The first-order chi connectivity index (χ1) is 6.65. The SMILES string of the molecule is CCC(NC(C)c1ccsc1)C(=O)O. The molecule has 0 saturated heterocycles. The minimum absolute atomic E-state index is 0.0994. The Balaban J connectivity index is 2.55. The molecule has 3 nitrogen and oxygen atoms in total. The Bertz CT molecular complexity index is 284. The smallest absolute Gasteiger partial charge is 0.320 e. The van der Waals surface area contributed by atoms with Gasteiger partial charge in [0.1, 0.15) is 6.04 Å². The largest absolute Gasteiger partial charge is 0.480 e. The molecule has 0 saturated carbocycles. The van der Waals surface area contributed by atoms with E-state index < -0.39 is 12.0 Å². The van der Waals surface area contributed by atoms with Crippen molar-refractivity contribution in [1.82, 2.24) is 5.32 Å². The Hall–Kier alpha value is -0.870. The lowest BCUT2D eigenvalue weighted by atomic mass is 10.1. The lowest BCUT2D eigenvalue weighted by Gasteiger charge is -2.17. The van der Waals surface area contributed by atoms with Gasteiger partial charge in [0.25, 0.3) is 0 Å². The van der Waals surface area contributed by atoms with Gasteiger partial charge >= 0.3 is 5.97 Å². The standard InChI is InChI=1S/C10H15NO2S/c1-3-9(10(12)13)11-7(2)8-4-5-14-6-8/h4-7,9,11H,3H2,1-2H3,(H,12,13). The molecular formula is C10H15NO2S. The summed E-state index contributed by atoms with van der Waals surface area (Å²) in [5.41, 5.74) is 1.15. The Kier molecular flexibility index (Phi) is 4.10. The summed E-state index contributed by atoms with van der Waals surface area (Å²) in [5.74, 6) is -0.783. The van der Waals surface area contributed by atoms with E-state index in [9.17, 15) is 4.79 Å². The Morgan fingerprint density at radius 3 is 2.86 bits per heavy atom. The van der Waals surface area contributed by atoms with E-state index in [0.717, 1.165) is 5.56 Å². The van der Waals surface area contributed by atoms with Crippen molar-refractivity contribution in [2.45, 2.75) is 32.4 Å². The van der Waals surface area contributed by atoms with Crippen LogP contribution < -0.4 is 5.32 Å². The molecule has 1 heterocycles. The summed E-state index contributed by atoms with van der Waals surface area (Å²) in [5, 5.41) is 16.0. The predicted octanol–water partition coefficient (Wildman–Crippen LogP) is 2.26. The predicted molar refractivity (Wildman–Crippen MR) is 57.6 cm³/mol. The van der Waals surface area contributed by atoms with Crippen molar-refractivity contribution >= 4 is 17.3 Å². The van der Waals surface area contributed by atoms with Crippen LogP contribution in [0.4, 0.5) is 0 Å². The molecule has 0 amide bonds. The lowest BCUT2D eigenvalue weighted by molar-refractivity contribution is -0.139. The van der Waals surface area contributed by atoms with E-state index >= 15 is 0 Å². The first-order valence-electron chi connectivity index (χ1n) is 4.66. The van der Waals surface area contributed by atoms with E-state index in [1.54, 1.807) is 11.3 Å². The number of hydrogen-bond donors (Lipinski definition) is 2. The quantitative estimate of drug-likeness (QED) is 0.788. The molecule has 4 heteroatoms. The fraction of sp³-hybridized carbons (Fsp3) is 0.500. The minimum Gasteiger partial charge on any atom is -0.480 e. The molecule has 78 valence electrons. The van der Waals surface area contributed by atoms with E-state index in [1.807, 2.05) is 30.7 Å². The fourth-order valence-corrected chi connectivity index (χ4v) is 2.04. The van der Waals surface area contributed by atoms with Crippen LogP contribution in [0.1, 0.15) is 31.9 Å². The van der Waals surface area contributed by atoms with Crippen LogP contribution in [0, 0.1) is 0 Å². The molecule has 0 aromatic carbocycles. The molecule has 0 aliphatic carbocycles. The van der Waals surface area contributed by atoms with Gasteiger partial charge in [-0.25, -0.2) is 0 Å². The molecule has 2 N–H and O–H groups in total. The first kappa shape index (κ1) is 11.2. The number of carboxylic acids is 1. The number of rotatable bonds is 5. The maximum absolute atomic E-state index is 10.8. The van der Waals surface area contributed by atoms with Crippen LogP contribution in [0.3, 0.4) is 0 Å². The molecule has 1 rings (SSSR count). The van der Waals surface area contributed by atoms with Gasteiger partial charge in [-0.2, -0.15) is 11.3 Å². The van der Waals surface area contributed by atoms with E-state index in [0.29, 0.717) is 6.42 Å². The maximum atomic E-state index is 10.8. The van der Waals surface area contributed by atoms with Gasteiger partial charge in [0.15, 0.2) is 0 Å². The first-order valence-corrected chi connectivity index (χ1v) is 5.60. The van der Waals surface area contributed by atoms with Crippen molar-refractivity contribution in [3.8, 4) is 0 Å². The zero-order valence-corrected chi connectivity index (χ0v) is 9.17. The Labute approximate surface area is 87.8 Å². The summed E-state index contributed by atoms with van der Waals surface area (Å²) < 4.78 is 0. The highest BCUT2D eigenvalue weighted by molar-refractivity contribution is 7.07. The van der Waals surface area contributed by atoms with Crippen LogP contribution in [-0.4, -0.2) is 17.1 Å². The lowest BCUT2D eigenvalue weighted by Crippen LogP contribution is -2.37. The number of carbonyl (C=O) groups is 1. The molecule has 2 atom stereocenters. The molecule has 1 aromatic rings. The third-order valence-electron chi connectivity index (χ3n) is 2.20. The van der Waals surface area contributed by atoms with Gasteiger partial charge in [0.2, 0.25) is 0 Å². The van der Waals surface area contributed by atoms with Crippen LogP contribution in [-0.2, 0) is 4.79 Å². The van der Waals surface area contributed by atoms with Gasteiger partial charge in [0.05, 0.1) is 0 Å². The molecule has 0 aliphatic heterocycles. The summed E-state index contributed by atoms with van der Waals surface area (Å²) in [6.45, 7) is 3.85.